The first kappa shape index (κ1) is 21.8. The molecular formula is C24H22ClN5OS. The number of nitrogens with zero attached hydrogens (tertiary/aromatic N) is 4. The fraction of sp³-hybridized carbons (Fsp3) is 0.167. The lowest BCUT2D eigenvalue weighted by Gasteiger charge is -2.33. The number of nitriles is 1. The number of imidazole rings is 1. The van der Waals surface area contributed by atoms with Gasteiger partial charge < -0.3 is 19.5 Å². The van der Waals surface area contributed by atoms with Gasteiger partial charge in [0, 0.05) is 29.0 Å². The van der Waals surface area contributed by atoms with E-state index in [1.165, 1.54) is 11.3 Å². The molecule has 162 valence electrons. The standard InChI is InChI=1S/C24H22ClN5OS/c1-15-12-29(14-27-15)21-6-5-19(10-22(21)31-4)28-20-9-18(11-26)13-30(16(20)2)17(3)23-7-8-24(25)32-23/h5-10,12-14,17,28H,2H2,1,3-4H3/t17-/m0/s1. The maximum Gasteiger partial charge on any atom is 0.144 e. The average molecular weight is 464 g/mol. The van der Waals surface area contributed by atoms with E-state index in [4.69, 9.17) is 16.3 Å². The molecule has 3 aromatic rings. The van der Waals surface area contributed by atoms with Crippen molar-refractivity contribution in [3.8, 4) is 17.5 Å². The fourth-order valence-corrected chi connectivity index (χ4v) is 4.64. The number of anilines is 1. The molecule has 0 spiro atoms. The van der Waals surface area contributed by atoms with E-state index in [2.05, 4.69) is 29.9 Å². The third-order valence-electron chi connectivity index (χ3n) is 5.20. The van der Waals surface area contributed by atoms with Crippen molar-refractivity contribution in [1.82, 2.24) is 14.5 Å². The van der Waals surface area contributed by atoms with Gasteiger partial charge in [-0.15, -0.1) is 11.3 Å². The highest BCUT2D eigenvalue weighted by atomic mass is 35.5. The summed E-state index contributed by atoms with van der Waals surface area (Å²) >= 11 is 7.65. The van der Waals surface area contributed by atoms with E-state index in [1.54, 1.807) is 19.5 Å². The van der Waals surface area contributed by atoms with Gasteiger partial charge in [0.05, 0.1) is 52.2 Å². The summed E-state index contributed by atoms with van der Waals surface area (Å²) in [5.41, 5.74) is 4.67. The number of rotatable bonds is 6. The number of thiophene rings is 1. The molecule has 0 aliphatic carbocycles. The molecule has 0 fully saturated rings. The lowest BCUT2D eigenvalue weighted by atomic mass is 10.1. The third kappa shape index (κ3) is 4.28. The van der Waals surface area contributed by atoms with Crippen molar-refractivity contribution in [1.29, 1.82) is 5.26 Å². The lowest BCUT2D eigenvalue weighted by Crippen LogP contribution is -2.26. The summed E-state index contributed by atoms with van der Waals surface area (Å²) in [4.78, 5) is 7.36. The normalized spacial score (nSPS) is 14.5. The van der Waals surface area contributed by atoms with Crippen LogP contribution in [0.4, 0.5) is 5.69 Å². The first-order chi connectivity index (χ1) is 15.4. The maximum absolute atomic E-state index is 9.59. The minimum atomic E-state index is -0.0183. The van der Waals surface area contributed by atoms with Crippen LogP contribution < -0.4 is 10.1 Å². The van der Waals surface area contributed by atoms with E-state index >= 15 is 0 Å². The summed E-state index contributed by atoms with van der Waals surface area (Å²) in [6.07, 6.45) is 7.31. The van der Waals surface area contributed by atoms with Crippen molar-refractivity contribution in [3.05, 3.63) is 93.6 Å². The monoisotopic (exact) mass is 463 g/mol. The van der Waals surface area contributed by atoms with Gasteiger partial charge in [-0.3, -0.25) is 0 Å². The van der Waals surface area contributed by atoms with E-state index in [9.17, 15) is 5.26 Å². The minimum absolute atomic E-state index is 0.0183. The molecule has 1 aromatic carbocycles. The average Bonchev–Trinajstić information content (AvgIpc) is 3.42. The van der Waals surface area contributed by atoms with Gasteiger partial charge in [0.2, 0.25) is 0 Å². The Labute approximate surface area is 196 Å². The Bertz CT molecular complexity index is 1280. The van der Waals surface area contributed by atoms with E-state index < -0.39 is 0 Å². The number of aryl methyl sites for hydroxylation is 1. The lowest BCUT2D eigenvalue weighted by molar-refractivity contribution is 0.378. The predicted molar refractivity (Wildman–Crippen MR) is 129 cm³/mol. The number of hydrogen-bond acceptors (Lipinski definition) is 6. The van der Waals surface area contributed by atoms with Crippen LogP contribution in [0.3, 0.4) is 0 Å². The van der Waals surface area contributed by atoms with Gasteiger partial charge >= 0.3 is 0 Å². The van der Waals surface area contributed by atoms with Crippen molar-refractivity contribution in [2.45, 2.75) is 19.9 Å². The van der Waals surface area contributed by atoms with E-state index in [0.29, 0.717) is 11.3 Å². The van der Waals surface area contributed by atoms with Gasteiger partial charge in [-0.25, -0.2) is 4.98 Å². The van der Waals surface area contributed by atoms with Crippen molar-refractivity contribution in [2.24, 2.45) is 0 Å². The summed E-state index contributed by atoms with van der Waals surface area (Å²) < 4.78 is 8.26. The Morgan fingerprint density at radius 3 is 2.75 bits per heavy atom. The second kappa shape index (κ2) is 8.95. The fourth-order valence-electron chi connectivity index (χ4n) is 3.52. The molecule has 4 rings (SSSR count). The molecule has 0 saturated carbocycles. The zero-order valence-corrected chi connectivity index (χ0v) is 19.5. The summed E-state index contributed by atoms with van der Waals surface area (Å²) in [7, 11) is 1.64. The quantitative estimate of drug-likeness (QED) is 0.471. The zero-order chi connectivity index (χ0) is 22.8. The highest BCUT2D eigenvalue weighted by Gasteiger charge is 2.24. The van der Waals surface area contributed by atoms with Gasteiger partial charge in [-0.05, 0) is 44.2 Å². The van der Waals surface area contributed by atoms with Gasteiger partial charge in [0.25, 0.3) is 0 Å². The van der Waals surface area contributed by atoms with Gasteiger partial charge in [0.15, 0.2) is 0 Å². The number of allylic oxidation sites excluding steroid dienone is 2. The Kier molecular flexibility index (Phi) is 6.08. The number of halogens is 1. The summed E-state index contributed by atoms with van der Waals surface area (Å²) in [6, 6.07) is 11.9. The van der Waals surface area contributed by atoms with Crippen LogP contribution in [0.5, 0.6) is 5.75 Å². The van der Waals surface area contributed by atoms with Crippen LogP contribution in [0, 0.1) is 18.3 Å². The van der Waals surface area contributed by atoms with Crippen molar-refractivity contribution < 1.29 is 4.74 Å². The summed E-state index contributed by atoms with van der Waals surface area (Å²) in [6.45, 7) is 8.28. The smallest absolute Gasteiger partial charge is 0.144 e. The summed E-state index contributed by atoms with van der Waals surface area (Å²) in [5, 5.41) is 13.0. The molecule has 3 heterocycles. The second-order valence-electron chi connectivity index (χ2n) is 7.36. The Hall–Kier alpha value is -3.47. The molecule has 1 atom stereocenters. The molecule has 32 heavy (non-hydrogen) atoms. The number of ether oxygens (including phenoxy) is 1. The molecule has 1 N–H and O–H groups in total. The molecule has 8 heteroatoms. The van der Waals surface area contributed by atoms with Crippen LogP contribution in [0.2, 0.25) is 4.34 Å². The van der Waals surface area contributed by atoms with Gasteiger partial charge in [-0.2, -0.15) is 5.26 Å². The van der Waals surface area contributed by atoms with Crippen LogP contribution in [0.25, 0.3) is 5.69 Å². The molecule has 0 bridgehead atoms. The number of hydrogen-bond donors (Lipinski definition) is 1. The largest absolute Gasteiger partial charge is 0.494 e. The highest BCUT2D eigenvalue weighted by Crippen LogP contribution is 2.37. The van der Waals surface area contributed by atoms with Gasteiger partial charge in [0.1, 0.15) is 11.8 Å². The summed E-state index contributed by atoms with van der Waals surface area (Å²) in [5.74, 6) is 0.698. The van der Waals surface area contributed by atoms with Crippen molar-refractivity contribution in [3.63, 3.8) is 0 Å². The predicted octanol–water partition coefficient (Wildman–Crippen LogP) is 6.20. The van der Waals surface area contributed by atoms with E-state index in [0.717, 1.165) is 37.7 Å². The molecule has 0 unspecified atom stereocenters. The number of nitrogens with one attached hydrogen (secondary N) is 1. The second-order valence-corrected chi connectivity index (χ2v) is 9.11. The van der Waals surface area contributed by atoms with Gasteiger partial charge in [-0.1, -0.05) is 18.2 Å². The van der Waals surface area contributed by atoms with Crippen LogP contribution in [-0.2, 0) is 0 Å². The zero-order valence-electron chi connectivity index (χ0n) is 18.0. The van der Waals surface area contributed by atoms with E-state index in [-0.39, 0.29) is 6.04 Å². The first-order valence-electron chi connectivity index (χ1n) is 9.92. The highest BCUT2D eigenvalue weighted by molar-refractivity contribution is 7.16. The van der Waals surface area contributed by atoms with Crippen LogP contribution in [0.15, 0.2) is 78.7 Å². The molecule has 6 nitrogen and oxygen atoms in total. The van der Waals surface area contributed by atoms with Crippen LogP contribution in [0.1, 0.15) is 23.5 Å². The molecule has 1 aliphatic rings. The molecular weight excluding hydrogens is 442 g/mol. The van der Waals surface area contributed by atoms with Crippen LogP contribution in [-0.4, -0.2) is 21.6 Å². The Balaban J connectivity index is 1.62. The van der Waals surface area contributed by atoms with Crippen LogP contribution >= 0.6 is 22.9 Å². The van der Waals surface area contributed by atoms with E-state index in [1.807, 2.05) is 59.1 Å². The topological polar surface area (TPSA) is 66.1 Å². The van der Waals surface area contributed by atoms with Crippen molar-refractivity contribution >= 4 is 28.6 Å². The maximum atomic E-state index is 9.59. The number of methoxy groups -OCH3 is 1. The Morgan fingerprint density at radius 2 is 2.12 bits per heavy atom. The number of aromatic nitrogens is 2. The Morgan fingerprint density at radius 1 is 1.31 bits per heavy atom. The number of benzene rings is 1. The first-order valence-corrected chi connectivity index (χ1v) is 11.1. The molecule has 0 saturated heterocycles. The molecule has 0 radical (unpaired) electrons. The SMILES string of the molecule is C=C1C(Nc2ccc(-n3cnc(C)c3)c(OC)c2)=CC(C#N)=CN1[C@@H](C)c1ccc(Cl)s1. The third-order valence-corrected chi connectivity index (χ3v) is 6.60. The molecule has 1 aliphatic heterocycles. The molecule has 2 aromatic heterocycles. The van der Waals surface area contributed by atoms with Crippen molar-refractivity contribution in [2.75, 3.05) is 12.4 Å². The minimum Gasteiger partial charge on any atom is -0.494 e. The molecule has 0 amide bonds.